The molecule has 0 aliphatic carbocycles. The molecule has 0 radical (unpaired) electrons. The maximum absolute atomic E-state index is 13.6. The molecular formula is C29H35Cl3N4O2. The lowest BCUT2D eigenvalue weighted by atomic mass is 10.1. The van der Waals surface area contributed by atoms with E-state index in [0.717, 1.165) is 43.6 Å². The first-order valence-electron chi connectivity index (χ1n) is 13.3. The minimum absolute atomic E-state index is 0.0221. The second-order valence-corrected chi connectivity index (χ2v) is 11.4. The zero-order valence-electron chi connectivity index (χ0n) is 21.5. The molecular weight excluding hydrogens is 543 g/mol. The molecule has 0 spiro atoms. The molecule has 4 rings (SSSR count). The lowest BCUT2D eigenvalue weighted by Gasteiger charge is -2.30. The third-order valence-corrected chi connectivity index (χ3v) is 7.78. The van der Waals surface area contributed by atoms with Crippen molar-refractivity contribution in [2.45, 2.75) is 50.7 Å². The Morgan fingerprint density at radius 3 is 2.39 bits per heavy atom. The zero-order chi connectivity index (χ0) is 26.9. The van der Waals surface area contributed by atoms with E-state index >= 15 is 0 Å². The van der Waals surface area contributed by atoms with E-state index in [4.69, 9.17) is 34.8 Å². The van der Waals surface area contributed by atoms with E-state index in [9.17, 15) is 9.59 Å². The molecule has 9 heteroatoms. The zero-order valence-corrected chi connectivity index (χ0v) is 23.7. The molecule has 204 valence electrons. The van der Waals surface area contributed by atoms with Gasteiger partial charge in [0, 0.05) is 53.4 Å². The van der Waals surface area contributed by atoms with Crippen molar-refractivity contribution in [2.24, 2.45) is 0 Å². The van der Waals surface area contributed by atoms with Crippen LogP contribution in [-0.2, 0) is 16.1 Å². The summed E-state index contributed by atoms with van der Waals surface area (Å²) in [6.07, 6.45) is 8.44. The first-order valence-corrected chi connectivity index (χ1v) is 14.4. The first kappa shape index (κ1) is 28.9. The molecule has 2 aromatic carbocycles. The van der Waals surface area contributed by atoms with Gasteiger partial charge in [0.1, 0.15) is 0 Å². The summed E-state index contributed by atoms with van der Waals surface area (Å²) in [4.78, 5) is 30.5. The van der Waals surface area contributed by atoms with E-state index in [1.54, 1.807) is 24.3 Å². The van der Waals surface area contributed by atoms with E-state index in [2.05, 4.69) is 15.5 Å². The minimum atomic E-state index is -0.319. The Balaban J connectivity index is 1.39. The van der Waals surface area contributed by atoms with Gasteiger partial charge in [0.2, 0.25) is 11.8 Å². The summed E-state index contributed by atoms with van der Waals surface area (Å²) in [7, 11) is 0. The Hall–Kier alpha value is -2.09. The van der Waals surface area contributed by atoms with Crippen LogP contribution < -0.4 is 10.6 Å². The molecule has 2 unspecified atom stereocenters. The van der Waals surface area contributed by atoms with Gasteiger partial charge in [-0.25, -0.2) is 0 Å². The highest BCUT2D eigenvalue weighted by atomic mass is 35.5. The number of amides is 2. The van der Waals surface area contributed by atoms with E-state index in [1.807, 2.05) is 29.2 Å². The van der Waals surface area contributed by atoms with Gasteiger partial charge in [-0.15, -0.1) is 0 Å². The number of benzene rings is 2. The normalized spacial score (nSPS) is 21.0. The molecule has 2 saturated heterocycles. The molecule has 2 amide bonds. The topological polar surface area (TPSA) is 64.7 Å². The first-order chi connectivity index (χ1) is 18.4. The van der Waals surface area contributed by atoms with Crippen molar-refractivity contribution in [1.82, 2.24) is 20.4 Å². The van der Waals surface area contributed by atoms with Crippen molar-refractivity contribution in [2.75, 3.05) is 32.7 Å². The average molecular weight is 578 g/mol. The highest BCUT2D eigenvalue weighted by Crippen LogP contribution is 2.22. The number of carbonyl (C=O) groups is 2. The van der Waals surface area contributed by atoms with Crippen molar-refractivity contribution in [3.63, 3.8) is 0 Å². The van der Waals surface area contributed by atoms with Crippen molar-refractivity contribution in [3.05, 3.63) is 74.7 Å². The van der Waals surface area contributed by atoms with Crippen LogP contribution in [0.4, 0.5) is 0 Å². The van der Waals surface area contributed by atoms with Gasteiger partial charge in [-0.3, -0.25) is 9.59 Å². The molecule has 2 aliphatic heterocycles. The van der Waals surface area contributed by atoms with Crippen LogP contribution in [0.5, 0.6) is 0 Å². The maximum Gasteiger partial charge on any atom is 0.244 e. The number of nitrogens with one attached hydrogen (secondary N) is 2. The van der Waals surface area contributed by atoms with Crippen molar-refractivity contribution < 1.29 is 9.59 Å². The highest BCUT2D eigenvalue weighted by Gasteiger charge is 2.31. The molecule has 38 heavy (non-hydrogen) atoms. The van der Waals surface area contributed by atoms with E-state index in [0.29, 0.717) is 34.7 Å². The summed E-state index contributed by atoms with van der Waals surface area (Å²) in [6, 6.07) is 12.4. The lowest BCUT2D eigenvalue weighted by Crippen LogP contribution is -2.50. The summed E-state index contributed by atoms with van der Waals surface area (Å²) < 4.78 is 0. The predicted octanol–water partition coefficient (Wildman–Crippen LogP) is 5.41. The van der Waals surface area contributed by atoms with E-state index in [1.165, 1.54) is 25.3 Å². The average Bonchev–Trinajstić information content (AvgIpc) is 3.04. The molecule has 0 bridgehead atoms. The number of rotatable bonds is 9. The summed E-state index contributed by atoms with van der Waals surface area (Å²) in [5, 5.41) is 8.32. The van der Waals surface area contributed by atoms with Crippen LogP contribution in [0.3, 0.4) is 0 Å². The lowest BCUT2D eigenvalue weighted by molar-refractivity contribution is -0.133. The molecule has 2 heterocycles. The number of likely N-dealkylation sites (tertiary alicyclic amines) is 1. The molecule has 2 atom stereocenters. The van der Waals surface area contributed by atoms with Crippen molar-refractivity contribution in [1.29, 1.82) is 0 Å². The Kier molecular flexibility index (Phi) is 10.9. The van der Waals surface area contributed by atoms with Gasteiger partial charge in [0.25, 0.3) is 0 Å². The third-order valence-electron chi connectivity index (χ3n) is 7.09. The van der Waals surface area contributed by atoms with Gasteiger partial charge in [0.05, 0.1) is 6.04 Å². The number of hydrogen-bond acceptors (Lipinski definition) is 4. The Labute approximate surface area is 240 Å². The number of halogens is 3. The van der Waals surface area contributed by atoms with Crippen LogP contribution in [0.25, 0.3) is 6.08 Å². The molecule has 0 saturated carbocycles. The molecule has 2 aliphatic rings. The van der Waals surface area contributed by atoms with Crippen LogP contribution in [-0.4, -0.2) is 66.4 Å². The van der Waals surface area contributed by atoms with Crippen LogP contribution in [0.2, 0.25) is 15.1 Å². The van der Waals surface area contributed by atoms with Crippen LogP contribution in [0, 0.1) is 0 Å². The second kappa shape index (κ2) is 14.3. The molecule has 0 aromatic heterocycles. The van der Waals surface area contributed by atoms with E-state index < -0.39 is 0 Å². The van der Waals surface area contributed by atoms with Gasteiger partial charge in [-0.2, -0.15) is 0 Å². The number of carbonyl (C=O) groups excluding carboxylic acids is 2. The number of hydrogen-bond donors (Lipinski definition) is 2. The Morgan fingerprint density at radius 1 is 0.974 bits per heavy atom. The fourth-order valence-corrected chi connectivity index (χ4v) is 5.75. The van der Waals surface area contributed by atoms with Gasteiger partial charge >= 0.3 is 0 Å². The fourth-order valence-electron chi connectivity index (χ4n) is 5.05. The van der Waals surface area contributed by atoms with Gasteiger partial charge in [-0.1, -0.05) is 53.4 Å². The molecule has 2 fully saturated rings. The predicted molar refractivity (Wildman–Crippen MR) is 156 cm³/mol. The molecule has 2 aromatic rings. The SMILES string of the molecule is O=C(/C=C/c1ccc(Cl)cc1)NCC1CCN(Cc2cc(Cl)cc(Cl)c2)C(=O)C(CCN2CCCCC2)N1. The van der Waals surface area contributed by atoms with Crippen LogP contribution in [0.15, 0.2) is 48.5 Å². The Bertz CT molecular complexity index is 1100. The fraction of sp³-hybridized carbons (Fsp3) is 0.448. The van der Waals surface area contributed by atoms with E-state index in [-0.39, 0.29) is 23.9 Å². The third kappa shape index (κ3) is 8.99. The summed E-state index contributed by atoms with van der Waals surface area (Å²) >= 11 is 18.3. The second-order valence-electron chi connectivity index (χ2n) is 10.1. The van der Waals surface area contributed by atoms with Crippen molar-refractivity contribution in [3.8, 4) is 0 Å². The quantitative estimate of drug-likeness (QED) is 0.391. The molecule has 6 nitrogen and oxygen atoms in total. The number of piperidine rings is 1. The summed E-state index contributed by atoms with van der Waals surface area (Å²) in [5.41, 5.74) is 1.81. The van der Waals surface area contributed by atoms with Crippen LogP contribution >= 0.6 is 34.8 Å². The largest absolute Gasteiger partial charge is 0.351 e. The molecule has 2 N–H and O–H groups in total. The standard InChI is InChI=1S/C29H35Cl3N4O2/c30-23-7-4-21(5-8-23)6-9-28(37)33-19-26-10-15-36(20-22-16-24(31)18-25(32)17-22)29(38)27(34-26)11-14-35-12-2-1-3-13-35/h4-9,16-18,26-27,34H,1-3,10-15,19-20H2,(H,33,37)/b9-6+. The van der Waals surface area contributed by atoms with Crippen LogP contribution in [0.1, 0.15) is 43.2 Å². The number of nitrogens with zero attached hydrogens (tertiary/aromatic N) is 2. The monoisotopic (exact) mass is 576 g/mol. The smallest absolute Gasteiger partial charge is 0.244 e. The summed E-state index contributed by atoms with van der Waals surface area (Å²) in [6.45, 7) is 4.52. The van der Waals surface area contributed by atoms with Gasteiger partial charge < -0.3 is 20.4 Å². The minimum Gasteiger partial charge on any atom is -0.351 e. The van der Waals surface area contributed by atoms with Crippen molar-refractivity contribution >= 4 is 52.7 Å². The van der Waals surface area contributed by atoms with Gasteiger partial charge in [-0.05, 0) is 86.3 Å². The van der Waals surface area contributed by atoms with Gasteiger partial charge in [0.15, 0.2) is 0 Å². The highest BCUT2D eigenvalue weighted by molar-refractivity contribution is 6.34. The maximum atomic E-state index is 13.6. The Morgan fingerprint density at radius 2 is 1.68 bits per heavy atom. The summed E-state index contributed by atoms with van der Waals surface area (Å²) in [5.74, 6) is -0.0952.